The highest BCUT2D eigenvalue weighted by Crippen LogP contribution is 2.27. The Morgan fingerprint density at radius 1 is 1.37 bits per heavy atom. The van der Waals surface area contributed by atoms with Crippen molar-refractivity contribution in [2.75, 3.05) is 12.8 Å². The van der Waals surface area contributed by atoms with Gasteiger partial charge in [-0.3, -0.25) is 4.98 Å². The molecule has 0 aliphatic rings. The Labute approximate surface area is 129 Å². The van der Waals surface area contributed by atoms with Crippen molar-refractivity contribution >= 4 is 37.7 Å². The number of hydrogen-bond acceptors (Lipinski definition) is 4. The fourth-order valence-electron chi connectivity index (χ4n) is 1.86. The van der Waals surface area contributed by atoms with E-state index in [-0.39, 0.29) is 6.04 Å². The van der Waals surface area contributed by atoms with Crippen molar-refractivity contribution in [1.29, 1.82) is 0 Å². The van der Waals surface area contributed by atoms with Crippen LogP contribution >= 0.6 is 31.9 Å². The zero-order chi connectivity index (χ0) is 13.8. The lowest BCUT2D eigenvalue weighted by Gasteiger charge is -2.18. The van der Waals surface area contributed by atoms with E-state index in [0.29, 0.717) is 5.82 Å². The average molecular weight is 386 g/mol. The van der Waals surface area contributed by atoms with E-state index in [0.717, 1.165) is 26.6 Å². The molecule has 0 fully saturated rings. The molecule has 3 N–H and O–H groups in total. The first kappa shape index (κ1) is 14.4. The minimum atomic E-state index is 0.0778. The van der Waals surface area contributed by atoms with Crippen LogP contribution in [-0.2, 0) is 6.42 Å². The first-order chi connectivity index (χ1) is 9.11. The van der Waals surface area contributed by atoms with Crippen molar-refractivity contribution < 1.29 is 0 Å². The molecule has 2 rings (SSSR count). The molecule has 0 aliphatic carbocycles. The summed E-state index contributed by atoms with van der Waals surface area (Å²) in [6.07, 6.45) is 4.22. The smallest absolute Gasteiger partial charge is 0.126 e. The summed E-state index contributed by atoms with van der Waals surface area (Å²) in [4.78, 5) is 8.56. The minimum Gasteiger partial charge on any atom is -0.383 e. The van der Waals surface area contributed by atoms with Gasteiger partial charge in [0.05, 0.1) is 11.7 Å². The number of likely N-dealkylation sites (N-methyl/N-ethyl adjacent to an activating group) is 1. The number of hydrogen-bond donors (Lipinski definition) is 2. The Hall–Kier alpha value is -0.980. The lowest BCUT2D eigenvalue weighted by Crippen LogP contribution is -2.21. The van der Waals surface area contributed by atoms with Crippen LogP contribution in [0.3, 0.4) is 0 Å². The van der Waals surface area contributed by atoms with E-state index in [1.165, 1.54) is 0 Å². The molecule has 19 heavy (non-hydrogen) atoms. The second kappa shape index (κ2) is 6.45. The SMILES string of the molecule is CNC(Cc1cccnc1N)c1ncc(Br)cc1Br. The molecule has 0 bridgehead atoms. The third-order valence-electron chi connectivity index (χ3n) is 2.86. The van der Waals surface area contributed by atoms with Crippen LogP contribution in [-0.4, -0.2) is 17.0 Å². The molecule has 0 radical (unpaired) electrons. The highest BCUT2D eigenvalue weighted by Gasteiger charge is 2.16. The second-order valence-electron chi connectivity index (χ2n) is 4.11. The number of aromatic nitrogens is 2. The summed E-state index contributed by atoms with van der Waals surface area (Å²) in [5.74, 6) is 0.566. The van der Waals surface area contributed by atoms with Crippen LogP contribution in [0.15, 0.2) is 39.5 Å². The van der Waals surface area contributed by atoms with Gasteiger partial charge in [-0.15, -0.1) is 0 Å². The molecule has 0 aliphatic heterocycles. The molecule has 0 spiro atoms. The molecule has 100 valence electrons. The quantitative estimate of drug-likeness (QED) is 0.848. The molecule has 4 nitrogen and oxygen atoms in total. The van der Waals surface area contributed by atoms with Crippen LogP contribution in [0.25, 0.3) is 0 Å². The predicted molar refractivity (Wildman–Crippen MR) is 83.8 cm³/mol. The highest BCUT2D eigenvalue weighted by molar-refractivity contribution is 9.11. The van der Waals surface area contributed by atoms with E-state index in [2.05, 4.69) is 47.1 Å². The maximum absolute atomic E-state index is 5.89. The van der Waals surface area contributed by atoms with Crippen LogP contribution < -0.4 is 11.1 Å². The van der Waals surface area contributed by atoms with Crippen LogP contribution in [0.1, 0.15) is 17.3 Å². The summed E-state index contributed by atoms with van der Waals surface area (Å²) >= 11 is 6.94. The normalized spacial score (nSPS) is 12.4. The maximum Gasteiger partial charge on any atom is 0.126 e. The molecule has 0 amide bonds. The van der Waals surface area contributed by atoms with Gasteiger partial charge in [-0.2, -0.15) is 0 Å². The highest BCUT2D eigenvalue weighted by atomic mass is 79.9. The molecule has 0 saturated carbocycles. The van der Waals surface area contributed by atoms with Gasteiger partial charge in [-0.25, -0.2) is 4.98 Å². The van der Waals surface area contributed by atoms with Crippen LogP contribution in [0.4, 0.5) is 5.82 Å². The zero-order valence-electron chi connectivity index (χ0n) is 10.4. The van der Waals surface area contributed by atoms with Crippen molar-refractivity contribution in [1.82, 2.24) is 15.3 Å². The summed E-state index contributed by atoms with van der Waals surface area (Å²) in [7, 11) is 1.91. The molecule has 2 aromatic heterocycles. The minimum absolute atomic E-state index is 0.0778. The van der Waals surface area contributed by atoms with Crippen molar-refractivity contribution in [3.05, 3.63) is 50.8 Å². The van der Waals surface area contributed by atoms with E-state index in [1.807, 2.05) is 25.2 Å². The first-order valence-corrected chi connectivity index (χ1v) is 7.38. The number of nitrogens with two attached hydrogens (primary N) is 1. The Kier molecular flexibility index (Phi) is 4.90. The Balaban J connectivity index is 2.28. The van der Waals surface area contributed by atoms with Crippen LogP contribution in [0.5, 0.6) is 0 Å². The summed E-state index contributed by atoms with van der Waals surface area (Å²) < 4.78 is 1.91. The molecule has 1 atom stereocenters. The summed E-state index contributed by atoms with van der Waals surface area (Å²) in [5.41, 5.74) is 7.85. The monoisotopic (exact) mass is 384 g/mol. The van der Waals surface area contributed by atoms with E-state index in [1.54, 1.807) is 12.4 Å². The summed E-state index contributed by atoms with van der Waals surface area (Å²) in [5, 5.41) is 3.26. The molecule has 0 saturated heterocycles. The molecular formula is C13H14Br2N4. The van der Waals surface area contributed by atoms with Gasteiger partial charge in [-0.1, -0.05) is 6.07 Å². The standard InChI is InChI=1S/C13H14Br2N4/c1-17-11(5-8-3-2-4-18-13(8)16)12-10(15)6-9(14)7-19-12/h2-4,6-7,11,17H,5H2,1H3,(H2,16,18). The topological polar surface area (TPSA) is 63.8 Å². The fourth-order valence-corrected chi connectivity index (χ4v) is 3.12. The van der Waals surface area contributed by atoms with E-state index in [9.17, 15) is 0 Å². The van der Waals surface area contributed by atoms with Gasteiger partial charge >= 0.3 is 0 Å². The van der Waals surface area contributed by atoms with E-state index in [4.69, 9.17) is 5.73 Å². The lowest BCUT2D eigenvalue weighted by molar-refractivity contribution is 0.573. The van der Waals surface area contributed by atoms with E-state index >= 15 is 0 Å². The third kappa shape index (κ3) is 3.52. The van der Waals surface area contributed by atoms with Gasteiger partial charge < -0.3 is 11.1 Å². The molecule has 0 aromatic carbocycles. The van der Waals surface area contributed by atoms with Crippen LogP contribution in [0.2, 0.25) is 0 Å². The largest absolute Gasteiger partial charge is 0.383 e. The zero-order valence-corrected chi connectivity index (χ0v) is 13.6. The number of nitrogen functional groups attached to an aromatic ring is 1. The third-order valence-corrected chi connectivity index (χ3v) is 3.93. The molecule has 1 unspecified atom stereocenters. The van der Waals surface area contributed by atoms with Crippen molar-refractivity contribution in [2.45, 2.75) is 12.5 Å². The Bertz CT molecular complexity index is 574. The van der Waals surface area contributed by atoms with E-state index < -0.39 is 0 Å². The van der Waals surface area contributed by atoms with Crippen molar-refractivity contribution in [3.8, 4) is 0 Å². The maximum atomic E-state index is 5.89. The predicted octanol–water partition coefficient (Wildman–Crippen LogP) is 3.09. The Morgan fingerprint density at radius 2 is 2.16 bits per heavy atom. The number of nitrogens with zero attached hydrogens (tertiary/aromatic N) is 2. The van der Waals surface area contributed by atoms with Crippen molar-refractivity contribution in [2.24, 2.45) is 0 Å². The lowest BCUT2D eigenvalue weighted by atomic mass is 10.0. The van der Waals surface area contributed by atoms with Crippen molar-refractivity contribution in [3.63, 3.8) is 0 Å². The molecule has 6 heteroatoms. The van der Waals surface area contributed by atoms with Gasteiger partial charge in [0.25, 0.3) is 0 Å². The Morgan fingerprint density at radius 3 is 2.79 bits per heavy atom. The molecule has 2 heterocycles. The van der Waals surface area contributed by atoms with Gasteiger partial charge in [0.1, 0.15) is 5.82 Å². The second-order valence-corrected chi connectivity index (χ2v) is 5.88. The number of halogens is 2. The van der Waals surface area contributed by atoms with Crippen LogP contribution in [0, 0.1) is 0 Å². The number of nitrogens with one attached hydrogen (secondary N) is 1. The van der Waals surface area contributed by atoms with Gasteiger partial charge in [0.2, 0.25) is 0 Å². The molecular weight excluding hydrogens is 372 g/mol. The van der Waals surface area contributed by atoms with Gasteiger partial charge in [-0.05, 0) is 63.0 Å². The van der Waals surface area contributed by atoms with Gasteiger partial charge in [0, 0.05) is 21.3 Å². The summed E-state index contributed by atoms with van der Waals surface area (Å²) in [6.45, 7) is 0. The number of pyridine rings is 2. The number of anilines is 1. The number of rotatable bonds is 4. The van der Waals surface area contributed by atoms with Gasteiger partial charge in [0.15, 0.2) is 0 Å². The summed E-state index contributed by atoms with van der Waals surface area (Å²) in [6, 6.07) is 5.94. The molecule has 2 aromatic rings. The average Bonchev–Trinajstić information content (AvgIpc) is 2.39. The first-order valence-electron chi connectivity index (χ1n) is 5.79. The fraction of sp³-hybridized carbons (Fsp3) is 0.231.